The molecule has 1 aliphatic rings. The number of aromatic amines is 1. The van der Waals surface area contributed by atoms with E-state index in [9.17, 15) is 10.1 Å². The van der Waals surface area contributed by atoms with Crippen LogP contribution in [-0.4, -0.2) is 46.0 Å². The molecule has 112 valence electrons. The first-order valence-electron chi connectivity index (χ1n) is 7.26. The van der Waals surface area contributed by atoms with Gasteiger partial charge in [-0.2, -0.15) is 0 Å². The van der Waals surface area contributed by atoms with Crippen molar-refractivity contribution >= 4 is 22.7 Å². The second kappa shape index (κ2) is 5.69. The monoisotopic (exact) mass is 289 g/mol. The summed E-state index contributed by atoms with van der Waals surface area (Å²) in [6.07, 6.45) is 1.20. The zero-order valence-corrected chi connectivity index (χ0v) is 12.0. The lowest BCUT2D eigenvalue weighted by molar-refractivity contribution is -0.384. The molecule has 0 amide bonds. The van der Waals surface area contributed by atoms with E-state index in [0.717, 1.165) is 31.7 Å². The molecular formula is C14H19N5O2. The summed E-state index contributed by atoms with van der Waals surface area (Å²) >= 11 is 0. The molecule has 7 heteroatoms. The smallest absolute Gasteiger partial charge is 0.271 e. The van der Waals surface area contributed by atoms with Crippen molar-refractivity contribution in [3.05, 3.63) is 28.3 Å². The lowest BCUT2D eigenvalue weighted by atomic mass is 10.1. The molecule has 1 aromatic carbocycles. The highest BCUT2D eigenvalue weighted by atomic mass is 16.6. The standard InChI is InChI=1S/C14H19N5O2/c1-2-18-6-5-10(9-18)8-15-14-16-12-4-3-11(19(20)21)7-13(12)17-14/h3-4,7,10H,2,5-6,8-9H2,1H3,(H2,15,16,17). The Bertz CT molecular complexity index is 654. The maximum atomic E-state index is 10.8. The summed E-state index contributed by atoms with van der Waals surface area (Å²) in [4.78, 5) is 20.3. The van der Waals surface area contributed by atoms with E-state index in [2.05, 4.69) is 27.1 Å². The van der Waals surface area contributed by atoms with Crippen molar-refractivity contribution in [2.75, 3.05) is 31.5 Å². The molecule has 2 N–H and O–H groups in total. The van der Waals surface area contributed by atoms with Crippen LogP contribution in [-0.2, 0) is 0 Å². The molecule has 0 aliphatic carbocycles. The molecule has 2 aromatic rings. The summed E-state index contributed by atoms with van der Waals surface area (Å²) in [7, 11) is 0. The molecule has 0 bridgehead atoms. The third-order valence-electron chi connectivity index (χ3n) is 4.05. The molecule has 7 nitrogen and oxygen atoms in total. The Morgan fingerprint density at radius 3 is 3.14 bits per heavy atom. The van der Waals surface area contributed by atoms with Gasteiger partial charge >= 0.3 is 0 Å². The first-order chi connectivity index (χ1) is 10.2. The average Bonchev–Trinajstić information content (AvgIpc) is 3.10. The fourth-order valence-electron chi connectivity index (χ4n) is 2.80. The van der Waals surface area contributed by atoms with Crippen LogP contribution in [0.4, 0.5) is 11.6 Å². The summed E-state index contributed by atoms with van der Waals surface area (Å²) in [5.74, 6) is 1.31. The number of hydrogen-bond donors (Lipinski definition) is 2. The van der Waals surface area contributed by atoms with E-state index in [0.29, 0.717) is 17.4 Å². The van der Waals surface area contributed by atoms with E-state index in [-0.39, 0.29) is 5.69 Å². The quantitative estimate of drug-likeness (QED) is 0.651. The van der Waals surface area contributed by atoms with Crippen LogP contribution in [0.2, 0.25) is 0 Å². The number of nitro groups is 1. The Morgan fingerprint density at radius 1 is 1.57 bits per heavy atom. The Kier molecular flexibility index (Phi) is 3.74. The van der Waals surface area contributed by atoms with Gasteiger partial charge in [-0.25, -0.2) is 4.98 Å². The number of nitro benzene ring substituents is 1. The number of rotatable bonds is 5. The molecule has 1 aromatic heterocycles. The van der Waals surface area contributed by atoms with Gasteiger partial charge in [-0.05, 0) is 31.5 Å². The molecule has 0 radical (unpaired) electrons. The minimum Gasteiger partial charge on any atom is -0.355 e. The topological polar surface area (TPSA) is 87.1 Å². The Morgan fingerprint density at radius 2 is 2.43 bits per heavy atom. The number of fused-ring (bicyclic) bond motifs is 1. The Balaban J connectivity index is 1.66. The number of nitrogens with one attached hydrogen (secondary N) is 2. The molecular weight excluding hydrogens is 270 g/mol. The van der Waals surface area contributed by atoms with E-state index in [4.69, 9.17) is 0 Å². The summed E-state index contributed by atoms with van der Waals surface area (Å²) < 4.78 is 0. The summed E-state index contributed by atoms with van der Waals surface area (Å²) in [5, 5.41) is 14.1. The van der Waals surface area contributed by atoms with Crippen LogP contribution in [0.25, 0.3) is 11.0 Å². The van der Waals surface area contributed by atoms with Gasteiger partial charge < -0.3 is 15.2 Å². The van der Waals surface area contributed by atoms with E-state index in [1.54, 1.807) is 6.07 Å². The van der Waals surface area contributed by atoms with Crippen LogP contribution < -0.4 is 5.32 Å². The van der Waals surface area contributed by atoms with Crippen LogP contribution in [0, 0.1) is 16.0 Å². The molecule has 1 fully saturated rings. The Labute approximate surface area is 122 Å². The number of non-ortho nitro benzene ring substituents is 1. The van der Waals surface area contributed by atoms with E-state index >= 15 is 0 Å². The minimum absolute atomic E-state index is 0.0760. The van der Waals surface area contributed by atoms with Crippen LogP contribution in [0.5, 0.6) is 0 Å². The molecule has 1 atom stereocenters. The van der Waals surface area contributed by atoms with Crippen molar-refractivity contribution in [1.29, 1.82) is 0 Å². The number of aromatic nitrogens is 2. The first-order valence-corrected chi connectivity index (χ1v) is 7.26. The highest BCUT2D eigenvalue weighted by Crippen LogP contribution is 2.21. The van der Waals surface area contributed by atoms with Crippen LogP contribution in [0.1, 0.15) is 13.3 Å². The number of anilines is 1. The van der Waals surface area contributed by atoms with Crippen molar-refractivity contribution in [2.45, 2.75) is 13.3 Å². The van der Waals surface area contributed by atoms with Gasteiger partial charge in [0.05, 0.1) is 16.0 Å². The molecule has 21 heavy (non-hydrogen) atoms. The maximum absolute atomic E-state index is 10.8. The molecule has 3 rings (SSSR count). The number of H-pyrrole nitrogens is 1. The fraction of sp³-hybridized carbons (Fsp3) is 0.500. The first kappa shape index (κ1) is 13.8. The van der Waals surface area contributed by atoms with Crippen molar-refractivity contribution in [2.24, 2.45) is 5.92 Å². The molecule has 1 saturated heterocycles. The SMILES string of the molecule is CCN1CCC(CNc2nc3ccc([N+](=O)[O-])cc3[nH]2)C1. The number of hydrogen-bond acceptors (Lipinski definition) is 5. The zero-order valence-electron chi connectivity index (χ0n) is 12.0. The largest absolute Gasteiger partial charge is 0.355 e. The normalized spacial score (nSPS) is 19.2. The van der Waals surface area contributed by atoms with Crippen LogP contribution >= 0.6 is 0 Å². The third-order valence-corrected chi connectivity index (χ3v) is 4.05. The van der Waals surface area contributed by atoms with Gasteiger partial charge in [0.15, 0.2) is 0 Å². The second-order valence-corrected chi connectivity index (χ2v) is 5.47. The van der Waals surface area contributed by atoms with Gasteiger partial charge in [0, 0.05) is 25.2 Å². The highest BCUT2D eigenvalue weighted by molar-refractivity contribution is 5.79. The molecule has 0 spiro atoms. The minimum atomic E-state index is -0.398. The Hall–Kier alpha value is -2.15. The highest BCUT2D eigenvalue weighted by Gasteiger charge is 2.21. The van der Waals surface area contributed by atoms with Gasteiger partial charge in [-0.1, -0.05) is 6.92 Å². The van der Waals surface area contributed by atoms with Gasteiger partial charge in [0.2, 0.25) is 5.95 Å². The maximum Gasteiger partial charge on any atom is 0.271 e. The molecule has 1 unspecified atom stereocenters. The van der Waals surface area contributed by atoms with Crippen LogP contribution in [0.3, 0.4) is 0 Å². The lowest BCUT2D eigenvalue weighted by Crippen LogP contribution is -2.22. The molecule has 2 heterocycles. The van der Waals surface area contributed by atoms with Crippen molar-refractivity contribution in [1.82, 2.24) is 14.9 Å². The number of likely N-dealkylation sites (tertiary alicyclic amines) is 1. The summed E-state index contributed by atoms with van der Waals surface area (Å²) in [6, 6.07) is 4.66. The van der Waals surface area contributed by atoms with Crippen molar-refractivity contribution in [3.8, 4) is 0 Å². The number of imidazole rings is 1. The second-order valence-electron chi connectivity index (χ2n) is 5.47. The average molecular weight is 289 g/mol. The van der Waals surface area contributed by atoms with Crippen molar-refractivity contribution < 1.29 is 4.92 Å². The molecule has 0 saturated carbocycles. The predicted molar refractivity (Wildman–Crippen MR) is 81.5 cm³/mol. The zero-order chi connectivity index (χ0) is 14.8. The van der Waals surface area contributed by atoms with Gasteiger partial charge in [0.25, 0.3) is 5.69 Å². The number of benzene rings is 1. The van der Waals surface area contributed by atoms with Gasteiger partial charge in [-0.3, -0.25) is 10.1 Å². The van der Waals surface area contributed by atoms with E-state index in [1.165, 1.54) is 18.6 Å². The predicted octanol–water partition coefficient (Wildman–Crippen LogP) is 2.22. The van der Waals surface area contributed by atoms with Crippen molar-refractivity contribution in [3.63, 3.8) is 0 Å². The third kappa shape index (κ3) is 2.97. The molecule has 1 aliphatic heterocycles. The summed E-state index contributed by atoms with van der Waals surface area (Å²) in [6.45, 7) is 6.44. The van der Waals surface area contributed by atoms with Gasteiger partial charge in [0.1, 0.15) is 0 Å². The summed E-state index contributed by atoms with van der Waals surface area (Å²) in [5.41, 5.74) is 1.50. The van der Waals surface area contributed by atoms with E-state index < -0.39 is 4.92 Å². The van der Waals surface area contributed by atoms with E-state index in [1.807, 2.05) is 0 Å². The van der Waals surface area contributed by atoms with Gasteiger partial charge in [-0.15, -0.1) is 0 Å². The lowest BCUT2D eigenvalue weighted by Gasteiger charge is -2.13. The fourth-order valence-corrected chi connectivity index (χ4v) is 2.80. The van der Waals surface area contributed by atoms with Crippen LogP contribution in [0.15, 0.2) is 18.2 Å². The number of nitrogens with zero attached hydrogens (tertiary/aromatic N) is 3.